The van der Waals surface area contributed by atoms with Gasteiger partial charge in [-0.2, -0.15) is 0 Å². The van der Waals surface area contributed by atoms with E-state index in [0.29, 0.717) is 12.1 Å². The molecule has 1 saturated heterocycles. The normalized spacial score (nSPS) is 22.4. The fraction of sp³-hybridized carbons (Fsp3) is 0.786. The first-order valence-electron chi connectivity index (χ1n) is 7.03. The van der Waals surface area contributed by atoms with Crippen LogP contribution in [0.3, 0.4) is 0 Å². The number of likely N-dealkylation sites (N-methyl/N-ethyl adjacent to an activating group) is 1. The Morgan fingerprint density at radius 1 is 1.50 bits per heavy atom. The van der Waals surface area contributed by atoms with E-state index >= 15 is 0 Å². The lowest BCUT2D eigenvalue weighted by Crippen LogP contribution is -2.46. The molecule has 0 aromatic carbocycles. The molecule has 0 bridgehead atoms. The van der Waals surface area contributed by atoms with Crippen molar-refractivity contribution in [3.05, 3.63) is 15.6 Å². The largest absolute Gasteiger partial charge is 0.315 e. The van der Waals surface area contributed by atoms with Crippen molar-refractivity contribution in [3.63, 3.8) is 0 Å². The highest BCUT2D eigenvalue weighted by molar-refractivity contribution is 7.11. The van der Waals surface area contributed by atoms with E-state index in [1.165, 1.54) is 35.0 Å². The maximum absolute atomic E-state index is 4.57. The molecule has 0 aliphatic carbocycles. The minimum absolute atomic E-state index is 0.492. The van der Waals surface area contributed by atoms with E-state index in [2.05, 4.69) is 42.9 Å². The van der Waals surface area contributed by atoms with Crippen LogP contribution in [0.4, 0.5) is 0 Å². The molecule has 1 aliphatic heterocycles. The molecule has 1 aromatic rings. The second kappa shape index (κ2) is 6.13. The van der Waals surface area contributed by atoms with Gasteiger partial charge < -0.3 is 5.32 Å². The highest BCUT2D eigenvalue weighted by Crippen LogP contribution is 2.31. The Labute approximate surface area is 115 Å². The summed E-state index contributed by atoms with van der Waals surface area (Å²) in [6, 6.07) is 1.17. The first kappa shape index (κ1) is 14.0. The highest BCUT2D eigenvalue weighted by atomic mass is 32.1. The maximum atomic E-state index is 4.57. The van der Waals surface area contributed by atoms with E-state index in [1.54, 1.807) is 0 Å². The van der Waals surface area contributed by atoms with Gasteiger partial charge in [-0.3, -0.25) is 4.90 Å². The van der Waals surface area contributed by atoms with Gasteiger partial charge in [0.05, 0.1) is 10.7 Å². The first-order valence-corrected chi connectivity index (χ1v) is 7.85. The van der Waals surface area contributed by atoms with Crippen LogP contribution in [0.5, 0.6) is 0 Å². The number of thiazole rings is 1. The number of nitrogens with one attached hydrogen (secondary N) is 1. The topological polar surface area (TPSA) is 28.2 Å². The third kappa shape index (κ3) is 2.92. The van der Waals surface area contributed by atoms with Crippen molar-refractivity contribution in [1.29, 1.82) is 0 Å². The molecule has 2 atom stereocenters. The predicted molar refractivity (Wildman–Crippen MR) is 78.3 cm³/mol. The van der Waals surface area contributed by atoms with Gasteiger partial charge in [0.2, 0.25) is 0 Å². The minimum atomic E-state index is 0.492. The molecule has 1 aliphatic rings. The molecule has 0 radical (unpaired) electrons. The van der Waals surface area contributed by atoms with Gasteiger partial charge in [0.1, 0.15) is 0 Å². The molecular weight excluding hydrogens is 242 g/mol. The molecule has 3 nitrogen and oxygen atoms in total. The number of hydrogen-bond acceptors (Lipinski definition) is 4. The second-order valence-corrected chi connectivity index (χ2v) is 6.42. The first-order chi connectivity index (χ1) is 8.63. The third-order valence-electron chi connectivity index (χ3n) is 3.92. The molecule has 0 amide bonds. The second-order valence-electron chi connectivity index (χ2n) is 5.19. The molecule has 2 rings (SSSR count). The van der Waals surface area contributed by atoms with Crippen LogP contribution in [0, 0.1) is 13.8 Å². The molecule has 4 heteroatoms. The maximum Gasteiger partial charge on any atom is 0.0900 e. The number of aromatic nitrogens is 1. The van der Waals surface area contributed by atoms with E-state index in [9.17, 15) is 0 Å². The molecular formula is C14H25N3S. The number of aryl methyl sites for hydroxylation is 2. The Hall–Kier alpha value is -0.450. The van der Waals surface area contributed by atoms with Crippen molar-refractivity contribution in [2.24, 2.45) is 0 Å². The van der Waals surface area contributed by atoms with Crippen LogP contribution < -0.4 is 5.32 Å². The Balaban J connectivity index is 2.13. The average molecular weight is 267 g/mol. The molecule has 1 aromatic heterocycles. The number of hydrogen-bond donors (Lipinski definition) is 1. The summed E-state index contributed by atoms with van der Waals surface area (Å²) in [6.45, 7) is 12.3. The predicted octanol–water partition coefficient (Wildman–Crippen LogP) is 2.89. The van der Waals surface area contributed by atoms with Crippen molar-refractivity contribution in [1.82, 2.24) is 15.2 Å². The quantitative estimate of drug-likeness (QED) is 0.909. The van der Waals surface area contributed by atoms with Crippen LogP contribution in [0.2, 0.25) is 0 Å². The van der Waals surface area contributed by atoms with Crippen molar-refractivity contribution < 1.29 is 0 Å². The molecule has 1 N–H and O–H groups in total. The van der Waals surface area contributed by atoms with Gasteiger partial charge in [-0.25, -0.2) is 4.98 Å². The lowest BCUT2D eigenvalue weighted by atomic mass is 10.0. The summed E-state index contributed by atoms with van der Waals surface area (Å²) in [4.78, 5) is 8.65. The summed E-state index contributed by atoms with van der Waals surface area (Å²) >= 11 is 1.86. The smallest absolute Gasteiger partial charge is 0.0900 e. The van der Waals surface area contributed by atoms with Crippen LogP contribution in [-0.2, 0) is 0 Å². The van der Waals surface area contributed by atoms with Gasteiger partial charge in [-0.1, -0.05) is 6.92 Å². The van der Waals surface area contributed by atoms with Gasteiger partial charge in [0.25, 0.3) is 0 Å². The molecule has 102 valence electrons. The summed E-state index contributed by atoms with van der Waals surface area (Å²) in [5.41, 5.74) is 1.22. The van der Waals surface area contributed by atoms with Gasteiger partial charge in [-0.15, -0.1) is 11.3 Å². The summed E-state index contributed by atoms with van der Waals surface area (Å²) < 4.78 is 0. The number of piperidine rings is 1. The Bertz CT molecular complexity index is 382. The zero-order valence-corrected chi connectivity index (χ0v) is 12.8. The molecule has 0 saturated carbocycles. The number of nitrogens with zero attached hydrogens (tertiary/aromatic N) is 2. The summed E-state index contributed by atoms with van der Waals surface area (Å²) in [5, 5.41) is 4.71. The lowest BCUT2D eigenvalue weighted by molar-refractivity contribution is 0.129. The molecule has 0 spiro atoms. The van der Waals surface area contributed by atoms with Crippen molar-refractivity contribution >= 4 is 11.3 Å². The Kier molecular flexibility index (Phi) is 4.76. The minimum Gasteiger partial charge on any atom is -0.315 e. The zero-order valence-electron chi connectivity index (χ0n) is 12.0. The fourth-order valence-corrected chi connectivity index (χ4v) is 4.05. The van der Waals surface area contributed by atoms with Gasteiger partial charge in [0.15, 0.2) is 0 Å². The summed E-state index contributed by atoms with van der Waals surface area (Å²) in [7, 11) is 0. The van der Waals surface area contributed by atoms with E-state index < -0.39 is 0 Å². The Morgan fingerprint density at radius 3 is 2.78 bits per heavy atom. The lowest BCUT2D eigenvalue weighted by Gasteiger charge is -2.37. The third-order valence-corrected chi connectivity index (χ3v) is 5.16. The van der Waals surface area contributed by atoms with Crippen molar-refractivity contribution in [3.8, 4) is 0 Å². The van der Waals surface area contributed by atoms with Crippen molar-refractivity contribution in [2.75, 3.05) is 19.6 Å². The zero-order chi connectivity index (χ0) is 13.1. The molecule has 2 unspecified atom stereocenters. The van der Waals surface area contributed by atoms with Crippen LogP contribution in [-0.4, -0.2) is 35.6 Å². The SMILES string of the molecule is CCN(C1CCCNC1)C(C)c1sc(C)nc1C. The van der Waals surface area contributed by atoms with Crippen LogP contribution in [0.25, 0.3) is 0 Å². The van der Waals surface area contributed by atoms with E-state index in [0.717, 1.165) is 13.1 Å². The summed E-state index contributed by atoms with van der Waals surface area (Å²) in [6.07, 6.45) is 2.62. The van der Waals surface area contributed by atoms with Crippen LogP contribution in [0.15, 0.2) is 0 Å². The van der Waals surface area contributed by atoms with E-state index in [1.807, 2.05) is 11.3 Å². The van der Waals surface area contributed by atoms with Crippen LogP contribution in [0.1, 0.15) is 48.3 Å². The monoisotopic (exact) mass is 267 g/mol. The summed E-state index contributed by atoms with van der Waals surface area (Å²) in [5.74, 6) is 0. The van der Waals surface area contributed by atoms with E-state index in [-0.39, 0.29) is 0 Å². The standard InChI is InChI=1S/C14H25N3S/c1-5-17(13-7-6-8-15-9-13)11(3)14-10(2)16-12(4)18-14/h11,13,15H,5-9H2,1-4H3. The average Bonchev–Trinajstić information content (AvgIpc) is 2.70. The molecule has 18 heavy (non-hydrogen) atoms. The van der Waals surface area contributed by atoms with Gasteiger partial charge in [0, 0.05) is 23.5 Å². The Morgan fingerprint density at radius 2 is 2.28 bits per heavy atom. The molecule has 2 heterocycles. The molecule has 1 fully saturated rings. The highest BCUT2D eigenvalue weighted by Gasteiger charge is 2.26. The fourth-order valence-electron chi connectivity index (χ4n) is 3.05. The van der Waals surface area contributed by atoms with E-state index in [4.69, 9.17) is 0 Å². The van der Waals surface area contributed by atoms with Gasteiger partial charge in [-0.05, 0) is 46.7 Å². The van der Waals surface area contributed by atoms with Crippen LogP contribution >= 0.6 is 11.3 Å². The number of rotatable bonds is 4. The van der Waals surface area contributed by atoms with Gasteiger partial charge >= 0.3 is 0 Å². The van der Waals surface area contributed by atoms with Crippen molar-refractivity contribution in [2.45, 2.75) is 52.6 Å².